The second-order valence-electron chi connectivity index (χ2n) is 5.34. The summed E-state index contributed by atoms with van der Waals surface area (Å²) in [6, 6.07) is 8.52. The van der Waals surface area contributed by atoms with Gasteiger partial charge in [-0.05, 0) is 40.8 Å². The molecule has 0 atom stereocenters. The zero-order valence-electron chi connectivity index (χ0n) is 12.4. The first-order valence-electron chi connectivity index (χ1n) is 6.82. The molecular formula is C16H20BrN3. The van der Waals surface area contributed by atoms with Crippen molar-refractivity contribution in [2.24, 2.45) is 5.92 Å². The molecule has 1 aromatic heterocycles. The molecule has 2 aromatic rings. The van der Waals surface area contributed by atoms with E-state index in [1.54, 1.807) is 0 Å². The molecule has 0 fully saturated rings. The van der Waals surface area contributed by atoms with Crippen molar-refractivity contribution in [2.45, 2.75) is 27.2 Å². The lowest BCUT2D eigenvalue weighted by Gasteiger charge is -2.09. The van der Waals surface area contributed by atoms with E-state index in [1.165, 1.54) is 5.56 Å². The summed E-state index contributed by atoms with van der Waals surface area (Å²) in [5, 5.41) is 3.09. The summed E-state index contributed by atoms with van der Waals surface area (Å²) in [5.74, 6) is 2.24. The van der Waals surface area contributed by atoms with Gasteiger partial charge in [0, 0.05) is 12.6 Å². The van der Waals surface area contributed by atoms with Crippen LogP contribution in [-0.4, -0.2) is 17.0 Å². The summed E-state index contributed by atoms with van der Waals surface area (Å²) in [7, 11) is 1.86. The van der Waals surface area contributed by atoms with Gasteiger partial charge in [-0.1, -0.05) is 38.1 Å². The van der Waals surface area contributed by atoms with Crippen LogP contribution in [0.25, 0.3) is 11.4 Å². The molecule has 0 unspecified atom stereocenters. The number of benzene rings is 1. The minimum Gasteiger partial charge on any atom is -0.372 e. The molecule has 20 heavy (non-hydrogen) atoms. The Hall–Kier alpha value is -1.42. The van der Waals surface area contributed by atoms with Crippen LogP contribution >= 0.6 is 15.9 Å². The fourth-order valence-corrected chi connectivity index (χ4v) is 2.49. The van der Waals surface area contributed by atoms with E-state index in [1.807, 2.05) is 14.0 Å². The van der Waals surface area contributed by atoms with E-state index >= 15 is 0 Å². The Morgan fingerprint density at radius 2 is 1.80 bits per heavy atom. The molecule has 4 heteroatoms. The lowest BCUT2D eigenvalue weighted by Crippen LogP contribution is -2.01. The Bertz CT molecular complexity index is 591. The predicted molar refractivity (Wildman–Crippen MR) is 88.0 cm³/mol. The lowest BCUT2D eigenvalue weighted by molar-refractivity contribution is 0.647. The Morgan fingerprint density at radius 3 is 2.35 bits per heavy atom. The van der Waals surface area contributed by atoms with Crippen LogP contribution in [0.3, 0.4) is 0 Å². The highest BCUT2D eigenvalue weighted by atomic mass is 79.9. The van der Waals surface area contributed by atoms with Gasteiger partial charge in [-0.2, -0.15) is 0 Å². The first-order chi connectivity index (χ1) is 9.51. The number of nitrogens with one attached hydrogen (secondary N) is 1. The highest BCUT2D eigenvalue weighted by Crippen LogP contribution is 2.26. The smallest absolute Gasteiger partial charge is 0.161 e. The maximum Gasteiger partial charge on any atom is 0.161 e. The third kappa shape index (κ3) is 3.37. The van der Waals surface area contributed by atoms with E-state index < -0.39 is 0 Å². The zero-order valence-corrected chi connectivity index (χ0v) is 14.0. The largest absolute Gasteiger partial charge is 0.372 e. The third-order valence-electron chi connectivity index (χ3n) is 3.11. The van der Waals surface area contributed by atoms with Crippen LogP contribution in [0.1, 0.15) is 25.1 Å². The molecule has 0 saturated carbocycles. The SMILES string of the molecule is CNc1nc(-c2ccc(CC(C)C)cc2)nc(C)c1Br. The van der Waals surface area contributed by atoms with Gasteiger partial charge in [-0.15, -0.1) is 0 Å². The van der Waals surface area contributed by atoms with Crippen molar-refractivity contribution in [1.29, 1.82) is 0 Å². The number of nitrogens with zero attached hydrogens (tertiary/aromatic N) is 2. The van der Waals surface area contributed by atoms with Crippen LogP contribution in [0.5, 0.6) is 0 Å². The number of anilines is 1. The number of halogens is 1. The van der Waals surface area contributed by atoms with Crippen molar-refractivity contribution in [3.63, 3.8) is 0 Å². The van der Waals surface area contributed by atoms with Crippen LogP contribution in [0.2, 0.25) is 0 Å². The summed E-state index contributed by atoms with van der Waals surface area (Å²) >= 11 is 3.50. The second kappa shape index (κ2) is 6.35. The topological polar surface area (TPSA) is 37.8 Å². The van der Waals surface area contributed by atoms with Gasteiger partial charge in [0.1, 0.15) is 5.82 Å². The molecular weight excluding hydrogens is 314 g/mol. The molecule has 0 saturated heterocycles. The normalized spacial score (nSPS) is 10.9. The fourth-order valence-electron chi connectivity index (χ4n) is 2.12. The van der Waals surface area contributed by atoms with Gasteiger partial charge in [0.05, 0.1) is 10.2 Å². The molecule has 0 aliphatic carbocycles. The number of rotatable bonds is 4. The summed E-state index contributed by atoms with van der Waals surface area (Å²) in [5.41, 5.74) is 3.33. The maximum atomic E-state index is 4.54. The minimum atomic E-state index is 0.669. The average Bonchev–Trinajstić information content (AvgIpc) is 2.42. The van der Waals surface area contributed by atoms with E-state index in [0.717, 1.165) is 33.8 Å². The summed E-state index contributed by atoms with van der Waals surface area (Å²) in [4.78, 5) is 9.09. The minimum absolute atomic E-state index is 0.669. The summed E-state index contributed by atoms with van der Waals surface area (Å²) < 4.78 is 0.917. The van der Waals surface area contributed by atoms with Crippen molar-refractivity contribution in [3.8, 4) is 11.4 Å². The second-order valence-corrected chi connectivity index (χ2v) is 6.13. The van der Waals surface area contributed by atoms with Gasteiger partial charge < -0.3 is 5.32 Å². The van der Waals surface area contributed by atoms with E-state index in [2.05, 4.69) is 69.3 Å². The van der Waals surface area contributed by atoms with E-state index in [4.69, 9.17) is 0 Å². The fraction of sp³-hybridized carbons (Fsp3) is 0.375. The monoisotopic (exact) mass is 333 g/mol. The van der Waals surface area contributed by atoms with Gasteiger partial charge >= 0.3 is 0 Å². The van der Waals surface area contributed by atoms with Crippen LogP contribution in [-0.2, 0) is 6.42 Å². The Labute approximate surface area is 129 Å². The number of aromatic nitrogens is 2. The average molecular weight is 334 g/mol. The highest BCUT2D eigenvalue weighted by molar-refractivity contribution is 9.10. The molecule has 1 aromatic carbocycles. The van der Waals surface area contributed by atoms with E-state index in [9.17, 15) is 0 Å². The van der Waals surface area contributed by atoms with Gasteiger partial charge in [0.2, 0.25) is 0 Å². The molecule has 0 spiro atoms. The first-order valence-corrected chi connectivity index (χ1v) is 7.61. The van der Waals surface area contributed by atoms with Crippen LogP contribution < -0.4 is 5.32 Å². The molecule has 0 aliphatic heterocycles. The van der Waals surface area contributed by atoms with Crippen LogP contribution in [0.4, 0.5) is 5.82 Å². The third-order valence-corrected chi connectivity index (χ3v) is 4.06. The van der Waals surface area contributed by atoms with Gasteiger partial charge in [-0.3, -0.25) is 0 Å². The number of hydrogen-bond acceptors (Lipinski definition) is 3. The van der Waals surface area contributed by atoms with Crippen molar-refractivity contribution < 1.29 is 0 Å². The van der Waals surface area contributed by atoms with Crippen molar-refractivity contribution in [3.05, 3.63) is 40.0 Å². The summed E-state index contributed by atoms with van der Waals surface area (Å²) in [6.45, 7) is 6.44. The zero-order chi connectivity index (χ0) is 14.7. The molecule has 0 aliphatic rings. The quantitative estimate of drug-likeness (QED) is 0.897. The Kier molecular flexibility index (Phi) is 4.76. The first kappa shape index (κ1) is 15.0. The Morgan fingerprint density at radius 1 is 1.15 bits per heavy atom. The number of aryl methyl sites for hydroxylation is 1. The predicted octanol–water partition coefficient (Wildman–Crippen LogP) is 4.45. The standard InChI is InChI=1S/C16H20BrN3/c1-10(2)9-12-5-7-13(8-6-12)15-19-11(3)14(17)16(18-4)20-15/h5-8,10H,9H2,1-4H3,(H,18,19,20). The molecule has 1 heterocycles. The lowest BCUT2D eigenvalue weighted by atomic mass is 10.0. The highest BCUT2D eigenvalue weighted by Gasteiger charge is 2.09. The molecule has 0 radical (unpaired) electrons. The summed E-state index contributed by atoms with van der Waals surface area (Å²) in [6.07, 6.45) is 1.10. The van der Waals surface area contributed by atoms with Crippen molar-refractivity contribution in [2.75, 3.05) is 12.4 Å². The number of hydrogen-bond donors (Lipinski definition) is 1. The molecule has 0 amide bonds. The van der Waals surface area contributed by atoms with Gasteiger partial charge in [-0.25, -0.2) is 9.97 Å². The molecule has 1 N–H and O–H groups in total. The molecule has 106 valence electrons. The molecule has 0 bridgehead atoms. The Balaban J connectivity index is 2.34. The van der Waals surface area contributed by atoms with Crippen molar-refractivity contribution in [1.82, 2.24) is 9.97 Å². The molecule has 2 rings (SSSR count). The van der Waals surface area contributed by atoms with E-state index in [-0.39, 0.29) is 0 Å². The van der Waals surface area contributed by atoms with Crippen LogP contribution in [0.15, 0.2) is 28.7 Å². The van der Waals surface area contributed by atoms with Gasteiger partial charge in [0.25, 0.3) is 0 Å². The van der Waals surface area contributed by atoms with Gasteiger partial charge in [0.15, 0.2) is 5.82 Å². The van der Waals surface area contributed by atoms with Crippen molar-refractivity contribution >= 4 is 21.7 Å². The van der Waals surface area contributed by atoms with E-state index in [0.29, 0.717) is 5.92 Å². The van der Waals surface area contributed by atoms with Crippen LogP contribution in [0, 0.1) is 12.8 Å². The maximum absolute atomic E-state index is 4.54. The molecule has 3 nitrogen and oxygen atoms in total.